The molecule has 1 amide bonds. The second-order valence-corrected chi connectivity index (χ2v) is 6.84. The second-order valence-electron chi connectivity index (χ2n) is 6.84. The van der Waals surface area contributed by atoms with E-state index >= 15 is 0 Å². The average Bonchev–Trinajstić information content (AvgIpc) is 3.25. The van der Waals surface area contributed by atoms with Crippen molar-refractivity contribution in [2.45, 2.75) is 39.4 Å². The number of fused-ring (bicyclic) bond motifs is 2. The van der Waals surface area contributed by atoms with Crippen molar-refractivity contribution in [2.75, 3.05) is 13.1 Å². The molecule has 0 atom stereocenters. The maximum atomic E-state index is 14.4. The highest BCUT2D eigenvalue weighted by atomic mass is 19.1. The van der Waals surface area contributed by atoms with Crippen LogP contribution in [0.3, 0.4) is 0 Å². The Bertz CT molecular complexity index is 962. The molecular formula is C19H23FN6O. The highest BCUT2D eigenvalue weighted by Gasteiger charge is 2.21. The van der Waals surface area contributed by atoms with E-state index in [1.807, 2.05) is 10.7 Å². The predicted octanol–water partition coefficient (Wildman–Crippen LogP) is 2.22. The molecule has 4 heterocycles. The number of imidazole rings is 1. The summed E-state index contributed by atoms with van der Waals surface area (Å²) in [5, 5.41) is 7.28. The number of aromatic nitrogens is 4. The number of hydrogen-bond donors (Lipinski definition) is 1. The van der Waals surface area contributed by atoms with E-state index < -0.39 is 11.9 Å². The standard InChI is InChI=1S/C19H23FN6O/c1-2-3-7-24-9-10-26-15(13-24)11-14(23-26)12-21-19(27)17-18(20)25-8-5-4-6-16(25)22-17/h4-6,8,11H,2-3,7,9-10,12-13H2,1H3,(H,21,27). The van der Waals surface area contributed by atoms with E-state index in [2.05, 4.69) is 27.2 Å². The summed E-state index contributed by atoms with van der Waals surface area (Å²) in [7, 11) is 0. The van der Waals surface area contributed by atoms with Gasteiger partial charge in [0.1, 0.15) is 5.65 Å². The van der Waals surface area contributed by atoms with Gasteiger partial charge in [-0.25, -0.2) is 4.98 Å². The number of unbranched alkanes of at least 4 members (excludes halogenated alkanes) is 1. The summed E-state index contributed by atoms with van der Waals surface area (Å²) in [4.78, 5) is 18.8. The van der Waals surface area contributed by atoms with E-state index in [0.29, 0.717) is 5.65 Å². The van der Waals surface area contributed by atoms with E-state index in [1.54, 1.807) is 24.4 Å². The molecule has 7 nitrogen and oxygen atoms in total. The minimum Gasteiger partial charge on any atom is -0.345 e. The molecule has 1 aliphatic heterocycles. The molecule has 0 fully saturated rings. The Morgan fingerprint density at radius 1 is 1.33 bits per heavy atom. The van der Waals surface area contributed by atoms with Crippen LogP contribution >= 0.6 is 0 Å². The van der Waals surface area contributed by atoms with Crippen LogP contribution in [0.15, 0.2) is 30.5 Å². The van der Waals surface area contributed by atoms with Gasteiger partial charge in [0.25, 0.3) is 5.91 Å². The van der Waals surface area contributed by atoms with Crippen LogP contribution in [-0.2, 0) is 19.6 Å². The van der Waals surface area contributed by atoms with Gasteiger partial charge in [-0.15, -0.1) is 0 Å². The molecule has 0 unspecified atom stereocenters. The van der Waals surface area contributed by atoms with Crippen LogP contribution in [0.2, 0.25) is 0 Å². The molecule has 0 aromatic carbocycles. The molecule has 142 valence electrons. The second kappa shape index (κ2) is 7.48. The van der Waals surface area contributed by atoms with Crippen molar-refractivity contribution >= 4 is 11.6 Å². The Morgan fingerprint density at radius 2 is 2.22 bits per heavy atom. The third-order valence-corrected chi connectivity index (χ3v) is 4.87. The zero-order valence-corrected chi connectivity index (χ0v) is 15.4. The van der Waals surface area contributed by atoms with Crippen molar-refractivity contribution in [3.63, 3.8) is 0 Å². The molecule has 0 radical (unpaired) electrons. The Labute approximate surface area is 156 Å². The molecular weight excluding hydrogens is 347 g/mol. The van der Waals surface area contributed by atoms with E-state index in [-0.39, 0.29) is 12.2 Å². The highest BCUT2D eigenvalue weighted by molar-refractivity contribution is 5.93. The van der Waals surface area contributed by atoms with Crippen LogP contribution in [0, 0.1) is 5.95 Å². The van der Waals surface area contributed by atoms with Crippen LogP contribution in [0.25, 0.3) is 5.65 Å². The maximum Gasteiger partial charge on any atom is 0.275 e. The van der Waals surface area contributed by atoms with E-state index in [1.165, 1.54) is 17.2 Å². The van der Waals surface area contributed by atoms with Gasteiger partial charge in [-0.1, -0.05) is 19.4 Å². The molecule has 1 N–H and O–H groups in total. The molecule has 0 spiro atoms. The van der Waals surface area contributed by atoms with Crippen molar-refractivity contribution in [2.24, 2.45) is 0 Å². The molecule has 1 aliphatic rings. The van der Waals surface area contributed by atoms with Crippen molar-refractivity contribution in [3.05, 3.63) is 53.5 Å². The van der Waals surface area contributed by atoms with Crippen molar-refractivity contribution in [3.8, 4) is 0 Å². The van der Waals surface area contributed by atoms with Gasteiger partial charge in [-0.05, 0) is 31.2 Å². The number of rotatable bonds is 6. The maximum absolute atomic E-state index is 14.4. The lowest BCUT2D eigenvalue weighted by atomic mass is 10.2. The molecule has 3 aromatic rings. The fourth-order valence-electron chi connectivity index (χ4n) is 3.40. The predicted molar refractivity (Wildman–Crippen MR) is 98.7 cm³/mol. The highest BCUT2D eigenvalue weighted by Crippen LogP contribution is 2.15. The van der Waals surface area contributed by atoms with Crippen LogP contribution in [0.5, 0.6) is 0 Å². The first-order valence-corrected chi connectivity index (χ1v) is 9.34. The topological polar surface area (TPSA) is 67.5 Å². The zero-order valence-electron chi connectivity index (χ0n) is 15.4. The minimum absolute atomic E-state index is 0.198. The lowest BCUT2D eigenvalue weighted by Crippen LogP contribution is -2.34. The van der Waals surface area contributed by atoms with Crippen LogP contribution in [0.4, 0.5) is 4.39 Å². The Balaban J connectivity index is 1.41. The number of nitrogens with zero attached hydrogens (tertiary/aromatic N) is 5. The first kappa shape index (κ1) is 17.7. The Kier molecular flexibility index (Phi) is 4.89. The van der Waals surface area contributed by atoms with E-state index in [4.69, 9.17) is 0 Å². The molecule has 0 bridgehead atoms. The molecule has 0 saturated heterocycles. The average molecular weight is 370 g/mol. The lowest BCUT2D eigenvalue weighted by molar-refractivity contribution is 0.0941. The molecule has 27 heavy (non-hydrogen) atoms. The summed E-state index contributed by atoms with van der Waals surface area (Å²) in [6, 6.07) is 7.12. The van der Waals surface area contributed by atoms with E-state index in [9.17, 15) is 9.18 Å². The quantitative estimate of drug-likeness (QED) is 0.722. The molecule has 0 saturated carbocycles. The first-order chi connectivity index (χ1) is 13.2. The summed E-state index contributed by atoms with van der Waals surface area (Å²) in [6.07, 6.45) is 3.93. The van der Waals surface area contributed by atoms with Gasteiger partial charge in [0.2, 0.25) is 5.95 Å². The molecule has 4 rings (SSSR count). The van der Waals surface area contributed by atoms with Crippen molar-refractivity contribution in [1.29, 1.82) is 0 Å². The molecule has 3 aromatic heterocycles. The number of amides is 1. The van der Waals surface area contributed by atoms with Gasteiger partial charge >= 0.3 is 0 Å². The van der Waals surface area contributed by atoms with Gasteiger partial charge in [0, 0.05) is 19.3 Å². The normalized spacial score (nSPS) is 14.4. The zero-order chi connectivity index (χ0) is 18.8. The van der Waals surface area contributed by atoms with Crippen LogP contribution in [0.1, 0.15) is 41.6 Å². The Morgan fingerprint density at radius 3 is 3.04 bits per heavy atom. The van der Waals surface area contributed by atoms with Crippen molar-refractivity contribution in [1.82, 2.24) is 29.4 Å². The summed E-state index contributed by atoms with van der Waals surface area (Å²) in [5.74, 6) is -1.19. The van der Waals surface area contributed by atoms with E-state index in [0.717, 1.165) is 37.6 Å². The molecule has 8 heteroatoms. The number of hydrogen-bond acceptors (Lipinski definition) is 4. The van der Waals surface area contributed by atoms with Crippen LogP contribution in [-0.4, -0.2) is 43.1 Å². The smallest absolute Gasteiger partial charge is 0.275 e. The Hall–Kier alpha value is -2.74. The SMILES string of the molecule is CCCCN1CCn2nc(CNC(=O)c3nc4ccccn4c3F)cc2C1. The minimum atomic E-state index is -0.654. The van der Waals surface area contributed by atoms with Gasteiger partial charge in [0.05, 0.1) is 24.5 Å². The number of carbonyl (C=O) groups is 1. The lowest BCUT2D eigenvalue weighted by Gasteiger charge is -2.27. The monoisotopic (exact) mass is 370 g/mol. The fraction of sp³-hybridized carbons (Fsp3) is 0.421. The summed E-state index contributed by atoms with van der Waals surface area (Å²) >= 11 is 0. The number of pyridine rings is 1. The summed E-state index contributed by atoms with van der Waals surface area (Å²) in [5.41, 5.74) is 2.14. The number of nitrogens with one attached hydrogen (secondary N) is 1. The summed E-state index contributed by atoms with van der Waals surface area (Å²) < 4.78 is 17.6. The third-order valence-electron chi connectivity index (χ3n) is 4.87. The largest absolute Gasteiger partial charge is 0.345 e. The molecule has 0 aliphatic carbocycles. The van der Waals surface area contributed by atoms with Crippen molar-refractivity contribution < 1.29 is 9.18 Å². The third kappa shape index (κ3) is 3.57. The van der Waals surface area contributed by atoms with Gasteiger partial charge in [-0.3, -0.25) is 18.8 Å². The first-order valence-electron chi connectivity index (χ1n) is 9.34. The van der Waals surface area contributed by atoms with Gasteiger partial charge in [-0.2, -0.15) is 9.49 Å². The number of carbonyl (C=O) groups excluding carboxylic acids is 1. The van der Waals surface area contributed by atoms with Gasteiger partial charge in [0.15, 0.2) is 5.69 Å². The summed E-state index contributed by atoms with van der Waals surface area (Å²) in [6.45, 7) is 6.27. The van der Waals surface area contributed by atoms with Gasteiger partial charge < -0.3 is 5.32 Å². The number of halogens is 1. The van der Waals surface area contributed by atoms with Crippen LogP contribution < -0.4 is 5.32 Å². The fourth-order valence-corrected chi connectivity index (χ4v) is 3.40.